The highest BCUT2D eigenvalue weighted by Crippen LogP contribution is 2.25. The Labute approximate surface area is 153 Å². The number of piperidine rings is 1. The fraction of sp³-hybridized carbons (Fsp3) is 0.684. The van der Waals surface area contributed by atoms with Gasteiger partial charge in [0, 0.05) is 18.9 Å². The van der Waals surface area contributed by atoms with Crippen molar-refractivity contribution in [3.05, 3.63) is 30.1 Å². The first kappa shape index (κ1) is 20.7. The Morgan fingerprint density at radius 2 is 2.04 bits per heavy atom. The Morgan fingerprint density at radius 1 is 1.35 bits per heavy atom. The number of nitrogens with one attached hydrogen (secondary N) is 1. The van der Waals surface area contributed by atoms with E-state index >= 15 is 0 Å². The van der Waals surface area contributed by atoms with Crippen molar-refractivity contribution in [2.45, 2.75) is 45.2 Å². The number of hydrogen-bond donors (Lipinski definition) is 1. The van der Waals surface area contributed by atoms with E-state index in [0.717, 1.165) is 24.8 Å². The van der Waals surface area contributed by atoms with Gasteiger partial charge >= 0.3 is 6.18 Å². The number of pyridine rings is 1. The summed E-state index contributed by atoms with van der Waals surface area (Å²) < 4.78 is 37.2. The summed E-state index contributed by atoms with van der Waals surface area (Å²) in [7, 11) is 0. The summed E-state index contributed by atoms with van der Waals surface area (Å²) in [5, 5.41) is 3.00. The largest absolute Gasteiger partial charge is 0.401 e. The van der Waals surface area contributed by atoms with E-state index in [1.807, 2.05) is 26.0 Å². The van der Waals surface area contributed by atoms with E-state index in [4.69, 9.17) is 0 Å². The number of carbonyl (C=O) groups is 1. The molecule has 1 fully saturated rings. The molecule has 26 heavy (non-hydrogen) atoms. The molecule has 0 aliphatic carbocycles. The van der Waals surface area contributed by atoms with Crippen LogP contribution in [-0.2, 0) is 4.79 Å². The highest BCUT2D eigenvalue weighted by Gasteiger charge is 2.32. The lowest BCUT2D eigenvalue weighted by molar-refractivity contribution is -0.148. The number of hydrogen-bond acceptors (Lipinski definition) is 3. The van der Waals surface area contributed by atoms with Crippen molar-refractivity contribution in [2.24, 2.45) is 11.8 Å². The van der Waals surface area contributed by atoms with Gasteiger partial charge in [0.15, 0.2) is 0 Å². The smallest absolute Gasteiger partial charge is 0.356 e. The van der Waals surface area contributed by atoms with Crippen LogP contribution in [0.3, 0.4) is 0 Å². The van der Waals surface area contributed by atoms with Crippen molar-refractivity contribution in [3.8, 4) is 0 Å². The molecule has 1 atom stereocenters. The number of carbonyl (C=O) groups excluding carboxylic acids is 1. The number of likely N-dealkylation sites (tertiary alicyclic amines) is 1. The van der Waals surface area contributed by atoms with E-state index in [-0.39, 0.29) is 17.7 Å². The van der Waals surface area contributed by atoms with Crippen LogP contribution in [0, 0.1) is 11.8 Å². The molecule has 1 amide bonds. The van der Waals surface area contributed by atoms with Gasteiger partial charge in [0.25, 0.3) is 0 Å². The Hall–Kier alpha value is -1.63. The zero-order valence-electron chi connectivity index (χ0n) is 15.4. The fourth-order valence-corrected chi connectivity index (χ4v) is 3.60. The molecule has 1 saturated heterocycles. The Balaban J connectivity index is 1.74. The predicted molar refractivity (Wildman–Crippen MR) is 94.7 cm³/mol. The summed E-state index contributed by atoms with van der Waals surface area (Å²) in [5.41, 5.74) is 0.903. The summed E-state index contributed by atoms with van der Waals surface area (Å²) in [4.78, 5) is 18.1. The Morgan fingerprint density at radius 3 is 2.58 bits per heavy atom. The van der Waals surface area contributed by atoms with Gasteiger partial charge in [-0.15, -0.1) is 0 Å². The maximum Gasteiger partial charge on any atom is 0.401 e. The first-order valence-electron chi connectivity index (χ1n) is 9.23. The minimum Gasteiger partial charge on any atom is -0.356 e. The summed E-state index contributed by atoms with van der Waals surface area (Å²) in [6.45, 7) is 4.70. The van der Waals surface area contributed by atoms with Gasteiger partial charge in [-0.25, -0.2) is 0 Å². The topological polar surface area (TPSA) is 45.2 Å². The number of rotatable bonds is 7. The van der Waals surface area contributed by atoms with Crippen LogP contribution in [-0.4, -0.2) is 48.1 Å². The van der Waals surface area contributed by atoms with Crippen LogP contribution in [0.4, 0.5) is 13.2 Å². The second kappa shape index (κ2) is 9.35. The molecule has 0 saturated carbocycles. The van der Waals surface area contributed by atoms with Crippen LogP contribution in [0.15, 0.2) is 24.5 Å². The highest BCUT2D eigenvalue weighted by molar-refractivity contribution is 5.83. The van der Waals surface area contributed by atoms with Gasteiger partial charge in [0.05, 0.1) is 12.5 Å². The van der Waals surface area contributed by atoms with Crippen LogP contribution in [0.1, 0.15) is 44.6 Å². The standard InChI is InChI=1S/C19H28F3N3O/c1-14(2)17(16-4-3-8-23-12-16)18(26)24-9-5-15-6-10-25(11-7-15)13-19(20,21)22/h3-4,8,12,14-15,17H,5-7,9-11,13H2,1-2H3,(H,24,26). The molecule has 1 aliphatic rings. The highest BCUT2D eigenvalue weighted by atomic mass is 19.4. The first-order chi connectivity index (χ1) is 12.3. The van der Waals surface area contributed by atoms with Crippen molar-refractivity contribution in [1.29, 1.82) is 0 Å². The number of amides is 1. The van der Waals surface area contributed by atoms with Gasteiger partial charge in [-0.2, -0.15) is 13.2 Å². The maximum absolute atomic E-state index is 12.6. The van der Waals surface area contributed by atoms with Crippen LogP contribution in [0.25, 0.3) is 0 Å². The number of nitrogens with zero attached hydrogens (tertiary/aromatic N) is 2. The molecule has 1 aliphatic heterocycles. The molecule has 1 N–H and O–H groups in total. The molecule has 4 nitrogen and oxygen atoms in total. The molecular weight excluding hydrogens is 343 g/mol. The number of halogens is 3. The average molecular weight is 371 g/mol. The van der Waals surface area contributed by atoms with E-state index in [0.29, 0.717) is 25.6 Å². The molecule has 7 heteroatoms. The lowest BCUT2D eigenvalue weighted by Crippen LogP contribution is -2.41. The molecule has 2 rings (SSSR count). The van der Waals surface area contributed by atoms with Crippen LogP contribution >= 0.6 is 0 Å². The predicted octanol–water partition coefficient (Wildman–Crippen LogP) is 3.60. The van der Waals surface area contributed by atoms with Gasteiger partial charge in [-0.1, -0.05) is 19.9 Å². The van der Waals surface area contributed by atoms with Crippen molar-refractivity contribution >= 4 is 5.91 Å². The third kappa shape index (κ3) is 6.59. The van der Waals surface area contributed by atoms with Crippen LogP contribution < -0.4 is 5.32 Å². The van der Waals surface area contributed by atoms with Crippen molar-refractivity contribution < 1.29 is 18.0 Å². The summed E-state index contributed by atoms with van der Waals surface area (Å²) in [6.07, 6.45) is 1.59. The number of alkyl halides is 3. The van der Waals surface area contributed by atoms with Crippen LogP contribution in [0.2, 0.25) is 0 Å². The molecular formula is C19H28F3N3O. The normalized spacial score (nSPS) is 18.1. The van der Waals surface area contributed by atoms with Gasteiger partial charge in [-0.3, -0.25) is 14.7 Å². The first-order valence-corrected chi connectivity index (χ1v) is 9.23. The molecule has 1 aromatic heterocycles. The Bertz CT molecular complexity index is 555. The zero-order chi connectivity index (χ0) is 19.2. The molecule has 2 heterocycles. The molecule has 0 radical (unpaired) electrons. The van der Waals surface area contributed by atoms with Gasteiger partial charge < -0.3 is 5.32 Å². The second-order valence-electron chi connectivity index (χ2n) is 7.42. The van der Waals surface area contributed by atoms with Crippen molar-refractivity contribution in [1.82, 2.24) is 15.2 Å². The lowest BCUT2D eigenvalue weighted by Gasteiger charge is -2.32. The third-order valence-corrected chi connectivity index (χ3v) is 4.95. The number of aromatic nitrogens is 1. The minimum absolute atomic E-state index is 0.0116. The molecule has 1 aromatic rings. The zero-order valence-corrected chi connectivity index (χ0v) is 15.4. The summed E-state index contributed by atoms with van der Waals surface area (Å²) in [6, 6.07) is 3.74. The maximum atomic E-state index is 12.6. The fourth-order valence-electron chi connectivity index (χ4n) is 3.60. The molecule has 1 unspecified atom stereocenters. The average Bonchev–Trinajstić information content (AvgIpc) is 2.56. The molecule has 0 bridgehead atoms. The van der Waals surface area contributed by atoms with Gasteiger partial charge in [0.2, 0.25) is 5.91 Å². The van der Waals surface area contributed by atoms with E-state index in [2.05, 4.69) is 10.3 Å². The summed E-state index contributed by atoms with van der Waals surface area (Å²) >= 11 is 0. The van der Waals surface area contributed by atoms with E-state index < -0.39 is 12.7 Å². The monoisotopic (exact) mass is 371 g/mol. The third-order valence-electron chi connectivity index (χ3n) is 4.95. The molecule has 0 aromatic carbocycles. The van der Waals surface area contributed by atoms with Crippen LogP contribution in [0.5, 0.6) is 0 Å². The van der Waals surface area contributed by atoms with Crippen molar-refractivity contribution in [3.63, 3.8) is 0 Å². The minimum atomic E-state index is -4.13. The quantitative estimate of drug-likeness (QED) is 0.797. The SMILES string of the molecule is CC(C)C(C(=O)NCCC1CCN(CC(F)(F)F)CC1)c1cccnc1. The summed E-state index contributed by atoms with van der Waals surface area (Å²) in [5.74, 6) is 0.278. The van der Waals surface area contributed by atoms with Gasteiger partial charge in [0.1, 0.15) is 0 Å². The second-order valence-corrected chi connectivity index (χ2v) is 7.42. The Kier molecular flexibility index (Phi) is 7.43. The van der Waals surface area contributed by atoms with E-state index in [1.54, 1.807) is 12.4 Å². The van der Waals surface area contributed by atoms with E-state index in [9.17, 15) is 18.0 Å². The van der Waals surface area contributed by atoms with Gasteiger partial charge in [-0.05, 0) is 55.8 Å². The lowest BCUT2D eigenvalue weighted by atomic mass is 9.88. The van der Waals surface area contributed by atoms with Crippen molar-refractivity contribution in [2.75, 3.05) is 26.2 Å². The van der Waals surface area contributed by atoms with E-state index in [1.165, 1.54) is 4.90 Å². The molecule has 0 spiro atoms. The molecule has 146 valence electrons.